The highest BCUT2D eigenvalue weighted by Crippen LogP contribution is 2.15. The molecule has 5 nitrogen and oxygen atoms in total. The molecule has 0 aromatic heterocycles. The molecular weight excluding hydrogens is 385 g/mol. The summed E-state index contributed by atoms with van der Waals surface area (Å²) in [5.41, 5.74) is 1.23. The van der Waals surface area contributed by atoms with Crippen molar-refractivity contribution in [3.63, 3.8) is 0 Å². The highest BCUT2D eigenvalue weighted by atomic mass is 127. The van der Waals surface area contributed by atoms with E-state index in [4.69, 9.17) is 4.74 Å². The normalized spacial score (nSPS) is 12.6. The summed E-state index contributed by atoms with van der Waals surface area (Å²) in [7, 11) is 0. The molecule has 0 unspecified atom stereocenters. The van der Waals surface area contributed by atoms with E-state index in [0.29, 0.717) is 0 Å². The van der Waals surface area contributed by atoms with Gasteiger partial charge in [0.2, 0.25) is 0 Å². The van der Waals surface area contributed by atoms with E-state index in [1.165, 1.54) is 0 Å². The number of nitrogens with one attached hydrogen (secondary N) is 1. The summed E-state index contributed by atoms with van der Waals surface area (Å²) in [6.45, 7) is 7.10. The van der Waals surface area contributed by atoms with Crippen molar-refractivity contribution in [1.82, 2.24) is 5.32 Å². The lowest BCUT2D eigenvalue weighted by Gasteiger charge is -2.22. The molecule has 116 valence electrons. The van der Waals surface area contributed by atoms with Crippen LogP contribution in [0.5, 0.6) is 0 Å². The van der Waals surface area contributed by atoms with Gasteiger partial charge in [0.15, 0.2) is 0 Å². The SMILES string of the molecule is Cc1ccc(I)cc1C[C@H](NC(=O)OC(C)(C)C)C(=O)O. The number of amides is 1. The van der Waals surface area contributed by atoms with Gasteiger partial charge in [-0.25, -0.2) is 9.59 Å². The molecule has 0 bridgehead atoms. The van der Waals surface area contributed by atoms with Gasteiger partial charge in [-0.15, -0.1) is 0 Å². The van der Waals surface area contributed by atoms with Gasteiger partial charge in [-0.2, -0.15) is 0 Å². The zero-order valence-electron chi connectivity index (χ0n) is 12.6. The van der Waals surface area contributed by atoms with E-state index < -0.39 is 23.7 Å². The van der Waals surface area contributed by atoms with Crippen molar-refractivity contribution in [3.05, 3.63) is 32.9 Å². The fourth-order valence-electron chi connectivity index (χ4n) is 1.73. The lowest BCUT2D eigenvalue weighted by Crippen LogP contribution is -2.44. The van der Waals surface area contributed by atoms with Crippen molar-refractivity contribution < 1.29 is 19.4 Å². The minimum atomic E-state index is -1.08. The second-order valence-electron chi connectivity index (χ2n) is 5.81. The highest BCUT2D eigenvalue weighted by Gasteiger charge is 2.24. The minimum Gasteiger partial charge on any atom is -0.480 e. The van der Waals surface area contributed by atoms with Crippen LogP contribution in [0.1, 0.15) is 31.9 Å². The first-order valence-corrected chi connectivity index (χ1v) is 7.64. The molecule has 21 heavy (non-hydrogen) atoms. The Bertz CT molecular complexity index is 537. The molecule has 0 aliphatic rings. The van der Waals surface area contributed by atoms with Crippen molar-refractivity contribution in [3.8, 4) is 0 Å². The first-order chi connectivity index (χ1) is 9.58. The average molecular weight is 405 g/mol. The van der Waals surface area contributed by atoms with Crippen LogP contribution in [0.4, 0.5) is 4.79 Å². The molecule has 0 spiro atoms. The number of benzene rings is 1. The molecule has 0 radical (unpaired) electrons. The highest BCUT2D eigenvalue weighted by molar-refractivity contribution is 14.1. The Labute approximate surface area is 138 Å². The molecule has 2 N–H and O–H groups in total. The number of halogens is 1. The molecule has 0 saturated heterocycles. The van der Waals surface area contributed by atoms with Crippen LogP contribution in [0.3, 0.4) is 0 Å². The van der Waals surface area contributed by atoms with E-state index in [1.807, 2.05) is 25.1 Å². The average Bonchev–Trinajstić information content (AvgIpc) is 2.30. The van der Waals surface area contributed by atoms with Gasteiger partial charge in [-0.1, -0.05) is 6.07 Å². The number of carbonyl (C=O) groups is 2. The lowest BCUT2D eigenvalue weighted by atomic mass is 10.0. The zero-order chi connectivity index (χ0) is 16.2. The van der Waals surface area contributed by atoms with Crippen LogP contribution in [0.15, 0.2) is 18.2 Å². The third-order valence-corrected chi connectivity index (χ3v) is 3.40. The number of carboxylic acids is 1. The van der Waals surface area contributed by atoms with E-state index in [0.717, 1.165) is 14.7 Å². The summed E-state index contributed by atoms with van der Waals surface area (Å²) < 4.78 is 6.12. The number of alkyl carbamates (subject to hydrolysis) is 1. The van der Waals surface area contributed by atoms with Crippen LogP contribution in [-0.2, 0) is 16.0 Å². The van der Waals surface area contributed by atoms with E-state index >= 15 is 0 Å². The van der Waals surface area contributed by atoms with Gasteiger partial charge in [0.05, 0.1) is 0 Å². The molecule has 1 atom stereocenters. The summed E-state index contributed by atoms with van der Waals surface area (Å²) in [5.74, 6) is -1.08. The van der Waals surface area contributed by atoms with E-state index in [-0.39, 0.29) is 6.42 Å². The predicted octanol–water partition coefficient (Wildman–Crippen LogP) is 3.12. The van der Waals surface area contributed by atoms with Gasteiger partial charge in [0, 0.05) is 9.99 Å². The lowest BCUT2D eigenvalue weighted by molar-refractivity contribution is -0.139. The fourth-order valence-corrected chi connectivity index (χ4v) is 2.29. The van der Waals surface area contributed by atoms with Crippen molar-refractivity contribution in [1.29, 1.82) is 0 Å². The number of carbonyl (C=O) groups excluding carboxylic acids is 1. The predicted molar refractivity (Wildman–Crippen MR) is 88.4 cm³/mol. The number of carboxylic acid groups (broad SMARTS) is 1. The largest absolute Gasteiger partial charge is 0.480 e. The molecule has 0 heterocycles. The van der Waals surface area contributed by atoms with Crippen molar-refractivity contribution >= 4 is 34.7 Å². The molecule has 6 heteroatoms. The fraction of sp³-hybridized carbons (Fsp3) is 0.467. The van der Waals surface area contributed by atoms with Gasteiger partial charge >= 0.3 is 12.1 Å². The van der Waals surface area contributed by atoms with Crippen molar-refractivity contribution in [2.24, 2.45) is 0 Å². The molecular formula is C15H20INO4. The zero-order valence-corrected chi connectivity index (χ0v) is 14.7. The molecule has 1 aromatic carbocycles. The van der Waals surface area contributed by atoms with Crippen LogP contribution in [0, 0.1) is 10.5 Å². The van der Waals surface area contributed by atoms with Crippen LogP contribution in [0.2, 0.25) is 0 Å². The Morgan fingerprint density at radius 2 is 2.00 bits per heavy atom. The summed E-state index contributed by atoms with van der Waals surface area (Å²) in [6, 6.07) is 4.79. The van der Waals surface area contributed by atoms with Crippen LogP contribution in [-0.4, -0.2) is 28.8 Å². The monoisotopic (exact) mass is 405 g/mol. The maximum atomic E-state index is 11.7. The second kappa shape index (κ2) is 7.11. The maximum Gasteiger partial charge on any atom is 0.408 e. The first kappa shape index (κ1) is 17.7. The Morgan fingerprint density at radius 3 is 2.52 bits per heavy atom. The Hall–Kier alpha value is -1.31. The van der Waals surface area contributed by atoms with E-state index in [2.05, 4.69) is 27.9 Å². The van der Waals surface area contributed by atoms with Gasteiger partial charge in [0.1, 0.15) is 11.6 Å². The number of hydrogen-bond acceptors (Lipinski definition) is 3. The standard InChI is InChI=1S/C15H20INO4/c1-9-5-6-11(16)7-10(9)8-12(13(18)19)17-14(20)21-15(2,3)4/h5-7,12H,8H2,1-4H3,(H,17,20)(H,18,19)/t12-/m0/s1. The third-order valence-electron chi connectivity index (χ3n) is 2.72. The molecule has 0 aliphatic heterocycles. The molecule has 0 fully saturated rings. The topological polar surface area (TPSA) is 75.6 Å². The minimum absolute atomic E-state index is 0.219. The van der Waals surface area contributed by atoms with Gasteiger partial charge in [-0.05, 0) is 73.5 Å². The molecule has 1 amide bonds. The Balaban J connectivity index is 2.81. The van der Waals surface area contributed by atoms with Gasteiger partial charge in [-0.3, -0.25) is 0 Å². The first-order valence-electron chi connectivity index (χ1n) is 6.56. The summed E-state index contributed by atoms with van der Waals surface area (Å²) in [5, 5.41) is 11.7. The number of aryl methyl sites for hydroxylation is 1. The van der Waals surface area contributed by atoms with Crippen molar-refractivity contribution in [2.75, 3.05) is 0 Å². The van der Waals surface area contributed by atoms with Crippen molar-refractivity contribution in [2.45, 2.75) is 45.8 Å². The summed E-state index contributed by atoms with van der Waals surface area (Å²) in [6.07, 6.45) is -0.504. The van der Waals surface area contributed by atoms with Crippen LogP contribution in [0.25, 0.3) is 0 Å². The molecule has 0 aliphatic carbocycles. The Kier molecular flexibility index (Phi) is 6.00. The van der Waals surface area contributed by atoms with Crippen LogP contribution < -0.4 is 5.32 Å². The summed E-state index contributed by atoms with van der Waals surface area (Å²) in [4.78, 5) is 23.0. The maximum absolute atomic E-state index is 11.7. The number of ether oxygens (including phenoxy) is 1. The van der Waals surface area contributed by atoms with E-state index in [1.54, 1.807) is 20.8 Å². The molecule has 0 saturated carbocycles. The Morgan fingerprint density at radius 1 is 1.38 bits per heavy atom. The molecule has 1 aromatic rings. The quantitative estimate of drug-likeness (QED) is 0.755. The molecule has 1 rings (SSSR count). The number of aliphatic carboxylic acids is 1. The smallest absolute Gasteiger partial charge is 0.408 e. The third kappa shape index (κ3) is 6.33. The van der Waals surface area contributed by atoms with Crippen LogP contribution >= 0.6 is 22.6 Å². The van der Waals surface area contributed by atoms with Gasteiger partial charge in [0.25, 0.3) is 0 Å². The number of hydrogen-bond donors (Lipinski definition) is 2. The second-order valence-corrected chi connectivity index (χ2v) is 7.06. The van der Waals surface area contributed by atoms with E-state index in [9.17, 15) is 14.7 Å². The summed E-state index contributed by atoms with van der Waals surface area (Å²) >= 11 is 2.17. The van der Waals surface area contributed by atoms with Gasteiger partial charge < -0.3 is 15.2 Å². The number of rotatable bonds is 4.